The molecule has 0 spiro atoms. The Morgan fingerprint density at radius 3 is 2.68 bits per heavy atom. The molecule has 0 saturated heterocycles. The van der Waals surface area contributed by atoms with Gasteiger partial charge in [0.1, 0.15) is 5.75 Å². The van der Waals surface area contributed by atoms with Crippen LogP contribution in [0.3, 0.4) is 0 Å². The summed E-state index contributed by atoms with van der Waals surface area (Å²) in [5.41, 5.74) is 5.27. The quantitative estimate of drug-likeness (QED) is 0.668. The van der Waals surface area contributed by atoms with E-state index in [0.717, 1.165) is 25.8 Å². The molecule has 1 heterocycles. The van der Waals surface area contributed by atoms with Gasteiger partial charge in [0, 0.05) is 18.5 Å². The fourth-order valence-electron chi connectivity index (χ4n) is 4.00. The van der Waals surface area contributed by atoms with Crippen molar-refractivity contribution in [3.8, 4) is 5.75 Å². The molecule has 1 N–H and O–H groups in total. The Balaban J connectivity index is 0.00000109. The molecular weight excluding hydrogens is 330 g/mol. The van der Waals surface area contributed by atoms with Gasteiger partial charge in [-0.2, -0.15) is 0 Å². The standard InChI is InChI=1S/C20H24ClNO.C2H6/c1-4-5-6-15-13(2)7-8-18-20(15)16-12-19(23)17(21)11-14(16)9-10-22(18)3;1-2/h4-6,11-12,18,20,23H,1,7-10H2,2-3H3;1-2H3/b6-5-;. The zero-order valence-corrected chi connectivity index (χ0v) is 16.6. The first kappa shape index (κ1) is 19.8. The molecule has 1 aromatic carbocycles. The van der Waals surface area contributed by atoms with Gasteiger partial charge in [-0.1, -0.05) is 55.8 Å². The molecule has 136 valence electrons. The minimum atomic E-state index is 0.184. The fraction of sp³-hybridized carbons (Fsp3) is 0.455. The van der Waals surface area contributed by atoms with Crippen LogP contribution in [0, 0.1) is 0 Å². The summed E-state index contributed by atoms with van der Waals surface area (Å²) in [7, 11) is 2.21. The van der Waals surface area contributed by atoms with Gasteiger partial charge < -0.3 is 10.0 Å². The number of nitrogens with zero attached hydrogens (tertiary/aromatic N) is 1. The predicted octanol–water partition coefficient (Wildman–Crippen LogP) is 5.86. The number of phenolic OH excluding ortho intramolecular Hbond substituents is 1. The number of likely N-dealkylation sites (N-methyl/N-ethyl adjacent to an activating group) is 1. The molecule has 0 saturated carbocycles. The lowest BCUT2D eigenvalue weighted by Crippen LogP contribution is -2.38. The predicted molar refractivity (Wildman–Crippen MR) is 109 cm³/mol. The largest absolute Gasteiger partial charge is 0.506 e. The van der Waals surface area contributed by atoms with Crippen LogP contribution in [0.5, 0.6) is 5.75 Å². The van der Waals surface area contributed by atoms with Gasteiger partial charge in [0.05, 0.1) is 5.02 Å². The van der Waals surface area contributed by atoms with Gasteiger partial charge >= 0.3 is 0 Å². The summed E-state index contributed by atoms with van der Waals surface area (Å²) in [5.74, 6) is 0.467. The van der Waals surface area contributed by atoms with Crippen LogP contribution in [0.25, 0.3) is 0 Å². The van der Waals surface area contributed by atoms with Crippen LogP contribution in [0.2, 0.25) is 5.02 Å². The van der Waals surface area contributed by atoms with Crippen LogP contribution in [0.4, 0.5) is 0 Å². The molecule has 2 unspecified atom stereocenters. The first-order chi connectivity index (χ1) is 12.0. The lowest BCUT2D eigenvalue weighted by Gasteiger charge is -2.38. The highest BCUT2D eigenvalue weighted by molar-refractivity contribution is 6.32. The highest BCUT2D eigenvalue weighted by Crippen LogP contribution is 2.45. The van der Waals surface area contributed by atoms with E-state index in [2.05, 4.69) is 31.5 Å². The van der Waals surface area contributed by atoms with Crippen LogP contribution in [-0.2, 0) is 6.42 Å². The molecule has 1 aromatic rings. The zero-order valence-electron chi connectivity index (χ0n) is 15.8. The number of hydrogen-bond donors (Lipinski definition) is 1. The molecule has 0 amide bonds. The maximum Gasteiger partial charge on any atom is 0.134 e. The molecule has 3 rings (SSSR count). The second-order valence-electron chi connectivity index (χ2n) is 6.65. The lowest BCUT2D eigenvalue weighted by atomic mass is 9.74. The Morgan fingerprint density at radius 1 is 1.28 bits per heavy atom. The summed E-state index contributed by atoms with van der Waals surface area (Å²) in [4.78, 5) is 2.46. The molecular formula is C22H30ClNO. The molecule has 0 bridgehead atoms. The molecule has 0 aromatic heterocycles. The minimum Gasteiger partial charge on any atom is -0.506 e. The van der Waals surface area contributed by atoms with Crippen LogP contribution in [-0.4, -0.2) is 29.6 Å². The van der Waals surface area contributed by atoms with Crippen LogP contribution in [0.1, 0.15) is 50.7 Å². The Kier molecular flexibility index (Phi) is 6.92. The van der Waals surface area contributed by atoms with E-state index in [4.69, 9.17) is 11.6 Å². The number of benzene rings is 1. The van der Waals surface area contributed by atoms with E-state index < -0.39 is 0 Å². The van der Waals surface area contributed by atoms with Crippen molar-refractivity contribution in [1.82, 2.24) is 4.90 Å². The molecule has 25 heavy (non-hydrogen) atoms. The van der Waals surface area contributed by atoms with Crippen LogP contribution >= 0.6 is 11.6 Å². The molecule has 3 heteroatoms. The van der Waals surface area contributed by atoms with Crippen molar-refractivity contribution in [3.05, 3.63) is 64.2 Å². The number of phenols is 1. The van der Waals surface area contributed by atoms with Gasteiger partial charge in [-0.25, -0.2) is 0 Å². The topological polar surface area (TPSA) is 23.5 Å². The Bertz CT molecular complexity index is 690. The van der Waals surface area contributed by atoms with Gasteiger partial charge in [0.25, 0.3) is 0 Å². The normalized spacial score (nSPS) is 23.4. The highest BCUT2D eigenvalue weighted by atomic mass is 35.5. The Morgan fingerprint density at radius 2 is 2.00 bits per heavy atom. The van der Waals surface area contributed by atoms with Crippen molar-refractivity contribution >= 4 is 11.6 Å². The first-order valence-electron chi connectivity index (χ1n) is 9.23. The van der Waals surface area contributed by atoms with Gasteiger partial charge in [0.15, 0.2) is 0 Å². The molecule has 1 aliphatic carbocycles. The molecule has 0 radical (unpaired) electrons. The van der Waals surface area contributed by atoms with Crippen molar-refractivity contribution < 1.29 is 5.11 Å². The average Bonchev–Trinajstić information content (AvgIpc) is 2.74. The van der Waals surface area contributed by atoms with E-state index in [1.54, 1.807) is 0 Å². The summed E-state index contributed by atoms with van der Waals surface area (Å²) >= 11 is 6.16. The van der Waals surface area contributed by atoms with E-state index in [1.807, 2.05) is 38.1 Å². The van der Waals surface area contributed by atoms with Crippen LogP contribution in [0.15, 0.2) is 48.1 Å². The van der Waals surface area contributed by atoms with Crippen molar-refractivity contribution in [2.24, 2.45) is 0 Å². The summed E-state index contributed by atoms with van der Waals surface area (Å²) in [6.45, 7) is 11.0. The Hall–Kier alpha value is -1.51. The Labute approximate surface area is 157 Å². The van der Waals surface area contributed by atoms with Crippen molar-refractivity contribution in [2.75, 3.05) is 13.6 Å². The van der Waals surface area contributed by atoms with Crippen molar-refractivity contribution in [2.45, 2.75) is 52.0 Å². The van der Waals surface area contributed by atoms with E-state index >= 15 is 0 Å². The van der Waals surface area contributed by atoms with E-state index in [9.17, 15) is 5.11 Å². The number of hydrogen-bond acceptors (Lipinski definition) is 2. The number of fused-ring (bicyclic) bond motifs is 3. The fourth-order valence-corrected chi connectivity index (χ4v) is 4.19. The molecule has 2 aliphatic rings. The molecule has 1 aliphatic heterocycles. The monoisotopic (exact) mass is 359 g/mol. The van der Waals surface area contributed by atoms with Crippen molar-refractivity contribution in [3.63, 3.8) is 0 Å². The molecule has 2 nitrogen and oxygen atoms in total. The molecule has 0 fully saturated rings. The second kappa shape index (κ2) is 8.73. The van der Waals surface area contributed by atoms with Gasteiger partial charge in [0.2, 0.25) is 0 Å². The summed E-state index contributed by atoms with van der Waals surface area (Å²) < 4.78 is 0. The average molecular weight is 360 g/mol. The number of halogens is 1. The third-order valence-electron chi connectivity index (χ3n) is 5.28. The molecule has 2 atom stereocenters. The first-order valence-corrected chi connectivity index (χ1v) is 9.61. The number of aromatic hydroxyl groups is 1. The maximum absolute atomic E-state index is 10.2. The third-order valence-corrected chi connectivity index (χ3v) is 5.59. The van der Waals surface area contributed by atoms with Crippen LogP contribution < -0.4 is 0 Å². The minimum absolute atomic E-state index is 0.184. The third kappa shape index (κ3) is 4.02. The summed E-state index contributed by atoms with van der Waals surface area (Å²) in [6, 6.07) is 4.29. The summed E-state index contributed by atoms with van der Waals surface area (Å²) in [5, 5.41) is 10.6. The summed E-state index contributed by atoms with van der Waals surface area (Å²) in [6.07, 6.45) is 9.27. The lowest BCUT2D eigenvalue weighted by molar-refractivity contribution is 0.214. The number of rotatable bonds is 2. The van der Waals surface area contributed by atoms with Gasteiger partial charge in [-0.3, -0.25) is 0 Å². The van der Waals surface area contributed by atoms with E-state index in [0.29, 0.717) is 11.1 Å². The zero-order chi connectivity index (χ0) is 18.6. The highest BCUT2D eigenvalue weighted by Gasteiger charge is 2.36. The maximum atomic E-state index is 10.2. The second-order valence-corrected chi connectivity index (χ2v) is 7.05. The number of allylic oxidation sites excluding steroid dienone is 4. The van der Waals surface area contributed by atoms with E-state index in [1.165, 1.54) is 22.3 Å². The van der Waals surface area contributed by atoms with Gasteiger partial charge in [-0.05, 0) is 62.1 Å². The van der Waals surface area contributed by atoms with Crippen molar-refractivity contribution in [1.29, 1.82) is 0 Å². The smallest absolute Gasteiger partial charge is 0.134 e. The van der Waals surface area contributed by atoms with Gasteiger partial charge in [-0.15, -0.1) is 0 Å². The van der Waals surface area contributed by atoms with E-state index in [-0.39, 0.29) is 11.7 Å². The SMILES string of the molecule is C=C/C=C\C1=C(C)CCC2C1c1cc(O)c(Cl)cc1CCN2C.CC.